The monoisotopic (exact) mass is 421 g/mol. The van der Waals surface area contributed by atoms with Crippen LogP contribution in [0.3, 0.4) is 0 Å². The Morgan fingerprint density at radius 3 is 2.60 bits per heavy atom. The Kier molecular flexibility index (Phi) is 9.30. The summed E-state index contributed by atoms with van der Waals surface area (Å²) in [5.74, 6) is -0.444. The van der Waals surface area contributed by atoms with E-state index in [0.717, 1.165) is 6.42 Å². The highest BCUT2D eigenvalue weighted by Gasteiger charge is 2.24. The second-order valence-electron chi connectivity index (χ2n) is 7.17. The average Bonchev–Trinajstić information content (AvgIpc) is 2.73. The van der Waals surface area contributed by atoms with E-state index in [4.69, 9.17) is 4.74 Å². The number of piperidine rings is 1. The van der Waals surface area contributed by atoms with E-state index < -0.39 is 0 Å². The fraction of sp³-hybridized carbons (Fsp3) is 0.650. The van der Waals surface area contributed by atoms with Crippen molar-refractivity contribution in [3.8, 4) is 0 Å². The minimum Gasteiger partial charge on any atom is -0.450 e. The van der Waals surface area contributed by atoms with Crippen LogP contribution >= 0.6 is 0 Å². The molecule has 0 radical (unpaired) electrons. The van der Waals surface area contributed by atoms with Crippen molar-refractivity contribution in [1.82, 2.24) is 25.3 Å². The SMILES string of the molecule is CCCn1nc(C(=O)NCCCC(=O)NC2CCN(C(=O)OCC)CC2)ccc1=O. The van der Waals surface area contributed by atoms with Gasteiger partial charge in [-0.1, -0.05) is 6.92 Å². The van der Waals surface area contributed by atoms with Gasteiger partial charge in [0.15, 0.2) is 0 Å². The second kappa shape index (κ2) is 11.9. The zero-order chi connectivity index (χ0) is 21.9. The van der Waals surface area contributed by atoms with Gasteiger partial charge >= 0.3 is 6.09 Å². The fourth-order valence-corrected chi connectivity index (χ4v) is 3.20. The predicted molar refractivity (Wildman–Crippen MR) is 110 cm³/mol. The van der Waals surface area contributed by atoms with Gasteiger partial charge in [-0.15, -0.1) is 0 Å². The van der Waals surface area contributed by atoms with Crippen LogP contribution in [0.4, 0.5) is 4.79 Å². The van der Waals surface area contributed by atoms with Gasteiger partial charge in [0.1, 0.15) is 5.69 Å². The zero-order valence-corrected chi connectivity index (χ0v) is 17.7. The van der Waals surface area contributed by atoms with Crippen LogP contribution in [0, 0.1) is 0 Å². The van der Waals surface area contributed by atoms with E-state index in [1.54, 1.807) is 11.8 Å². The first-order valence-electron chi connectivity index (χ1n) is 10.5. The minimum absolute atomic E-state index is 0.0431. The molecule has 1 saturated heterocycles. The van der Waals surface area contributed by atoms with Crippen LogP contribution in [0.25, 0.3) is 0 Å². The molecular formula is C20H31N5O5. The van der Waals surface area contributed by atoms with Crippen molar-refractivity contribution in [2.24, 2.45) is 0 Å². The predicted octanol–water partition coefficient (Wildman–Crippen LogP) is 0.900. The molecule has 166 valence electrons. The van der Waals surface area contributed by atoms with Gasteiger partial charge in [-0.2, -0.15) is 5.10 Å². The van der Waals surface area contributed by atoms with Crippen LogP contribution in [0.5, 0.6) is 0 Å². The topological polar surface area (TPSA) is 123 Å². The van der Waals surface area contributed by atoms with Crippen molar-refractivity contribution in [2.75, 3.05) is 26.2 Å². The Hall–Kier alpha value is -2.91. The molecule has 0 spiro atoms. The van der Waals surface area contributed by atoms with Crippen LogP contribution in [0.2, 0.25) is 0 Å². The molecule has 0 saturated carbocycles. The molecule has 2 N–H and O–H groups in total. The number of aryl methyl sites for hydroxylation is 1. The number of ether oxygens (including phenoxy) is 1. The third-order valence-corrected chi connectivity index (χ3v) is 4.79. The lowest BCUT2D eigenvalue weighted by atomic mass is 10.1. The molecular weight excluding hydrogens is 390 g/mol. The van der Waals surface area contributed by atoms with Gasteiger partial charge in [-0.05, 0) is 38.7 Å². The third-order valence-electron chi connectivity index (χ3n) is 4.79. The Morgan fingerprint density at radius 1 is 1.20 bits per heavy atom. The number of carbonyl (C=O) groups excluding carboxylic acids is 3. The zero-order valence-electron chi connectivity index (χ0n) is 17.7. The summed E-state index contributed by atoms with van der Waals surface area (Å²) in [6, 6.07) is 2.78. The highest BCUT2D eigenvalue weighted by Crippen LogP contribution is 2.11. The number of hydrogen-bond donors (Lipinski definition) is 2. The lowest BCUT2D eigenvalue weighted by molar-refractivity contribution is -0.122. The number of hydrogen-bond acceptors (Lipinski definition) is 6. The average molecular weight is 421 g/mol. The van der Waals surface area contributed by atoms with E-state index in [-0.39, 0.29) is 35.2 Å². The van der Waals surface area contributed by atoms with E-state index in [0.29, 0.717) is 58.5 Å². The normalized spacial score (nSPS) is 14.3. The maximum atomic E-state index is 12.2. The number of nitrogens with zero attached hydrogens (tertiary/aromatic N) is 3. The van der Waals surface area contributed by atoms with Crippen LogP contribution in [-0.4, -0.2) is 64.9 Å². The molecule has 1 fully saturated rings. The Labute approximate surface area is 176 Å². The summed E-state index contributed by atoms with van der Waals surface area (Å²) in [6.45, 7) is 5.97. The van der Waals surface area contributed by atoms with Crippen molar-refractivity contribution in [3.63, 3.8) is 0 Å². The van der Waals surface area contributed by atoms with E-state index in [1.807, 2.05) is 6.92 Å². The molecule has 0 bridgehead atoms. The molecule has 2 rings (SSSR count). The molecule has 2 heterocycles. The highest BCUT2D eigenvalue weighted by atomic mass is 16.6. The maximum Gasteiger partial charge on any atom is 0.409 e. The quantitative estimate of drug-likeness (QED) is 0.571. The molecule has 0 unspecified atom stereocenters. The summed E-state index contributed by atoms with van der Waals surface area (Å²) in [6.07, 6.45) is 2.61. The summed E-state index contributed by atoms with van der Waals surface area (Å²) in [4.78, 5) is 49.3. The molecule has 1 aromatic rings. The summed E-state index contributed by atoms with van der Waals surface area (Å²) in [5, 5.41) is 9.76. The van der Waals surface area contributed by atoms with Crippen LogP contribution in [0.15, 0.2) is 16.9 Å². The Bertz CT molecular complexity index is 786. The highest BCUT2D eigenvalue weighted by molar-refractivity contribution is 5.92. The molecule has 10 nitrogen and oxygen atoms in total. The lowest BCUT2D eigenvalue weighted by Gasteiger charge is -2.31. The number of amides is 3. The molecule has 1 aliphatic heterocycles. The number of carbonyl (C=O) groups is 3. The molecule has 0 aliphatic carbocycles. The smallest absolute Gasteiger partial charge is 0.409 e. The first-order valence-corrected chi connectivity index (χ1v) is 10.5. The number of nitrogens with one attached hydrogen (secondary N) is 2. The van der Waals surface area contributed by atoms with Gasteiger partial charge in [0.05, 0.1) is 6.61 Å². The largest absolute Gasteiger partial charge is 0.450 e. The van der Waals surface area contributed by atoms with Crippen molar-refractivity contribution in [3.05, 3.63) is 28.2 Å². The summed E-state index contributed by atoms with van der Waals surface area (Å²) in [5.41, 5.74) is -0.0565. The summed E-state index contributed by atoms with van der Waals surface area (Å²) >= 11 is 0. The van der Waals surface area contributed by atoms with Gasteiger partial charge < -0.3 is 20.3 Å². The summed E-state index contributed by atoms with van der Waals surface area (Å²) in [7, 11) is 0. The van der Waals surface area contributed by atoms with E-state index in [9.17, 15) is 19.2 Å². The first-order chi connectivity index (χ1) is 14.4. The molecule has 3 amide bonds. The third kappa shape index (κ3) is 7.16. The maximum absolute atomic E-state index is 12.2. The molecule has 0 atom stereocenters. The molecule has 10 heteroatoms. The van der Waals surface area contributed by atoms with Crippen molar-refractivity contribution < 1.29 is 19.1 Å². The van der Waals surface area contributed by atoms with E-state index in [1.165, 1.54) is 16.8 Å². The first kappa shape index (κ1) is 23.4. The lowest BCUT2D eigenvalue weighted by Crippen LogP contribution is -2.46. The standard InChI is InChI=1S/C20H31N5O5/c1-3-12-25-18(27)8-7-16(23-25)19(28)21-11-5-6-17(26)22-15-9-13-24(14-10-15)20(29)30-4-2/h7-8,15H,3-6,9-14H2,1-2H3,(H,21,28)(H,22,26). The van der Waals surface area contributed by atoms with Gasteiger partial charge in [-0.3, -0.25) is 14.4 Å². The number of likely N-dealkylation sites (tertiary alicyclic amines) is 1. The van der Waals surface area contributed by atoms with Gasteiger partial charge in [0, 0.05) is 44.7 Å². The number of aromatic nitrogens is 2. The molecule has 30 heavy (non-hydrogen) atoms. The molecule has 0 aromatic carbocycles. The Balaban J connectivity index is 1.66. The number of rotatable bonds is 9. The van der Waals surface area contributed by atoms with Crippen molar-refractivity contribution >= 4 is 17.9 Å². The Morgan fingerprint density at radius 2 is 1.93 bits per heavy atom. The minimum atomic E-state index is -0.369. The summed E-state index contributed by atoms with van der Waals surface area (Å²) < 4.78 is 6.26. The van der Waals surface area contributed by atoms with Crippen LogP contribution in [-0.2, 0) is 16.1 Å². The van der Waals surface area contributed by atoms with Gasteiger partial charge in [-0.25, -0.2) is 9.48 Å². The van der Waals surface area contributed by atoms with E-state index in [2.05, 4.69) is 15.7 Å². The van der Waals surface area contributed by atoms with Crippen molar-refractivity contribution in [1.29, 1.82) is 0 Å². The van der Waals surface area contributed by atoms with Crippen LogP contribution in [0.1, 0.15) is 56.4 Å². The fourth-order valence-electron chi connectivity index (χ4n) is 3.20. The van der Waals surface area contributed by atoms with Gasteiger partial charge in [0.2, 0.25) is 5.91 Å². The van der Waals surface area contributed by atoms with Crippen LogP contribution < -0.4 is 16.2 Å². The second-order valence-corrected chi connectivity index (χ2v) is 7.17. The molecule has 1 aromatic heterocycles. The van der Waals surface area contributed by atoms with E-state index >= 15 is 0 Å². The van der Waals surface area contributed by atoms with Gasteiger partial charge in [0.25, 0.3) is 11.5 Å². The van der Waals surface area contributed by atoms with Crippen molar-refractivity contribution in [2.45, 2.75) is 58.5 Å². The molecule has 1 aliphatic rings.